The third kappa shape index (κ3) is 2.32. The lowest BCUT2D eigenvalue weighted by Gasteiger charge is -2.11. The van der Waals surface area contributed by atoms with Crippen LogP contribution in [0.15, 0.2) is 43.0 Å². The summed E-state index contributed by atoms with van der Waals surface area (Å²) in [6.07, 6.45) is 4.91. The van der Waals surface area contributed by atoms with E-state index in [0.29, 0.717) is 5.02 Å². The van der Waals surface area contributed by atoms with Gasteiger partial charge in [-0.3, -0.25) is 0 Å². The Kier molecular flexibility index (Phi) is 2.94. The molecule has 2 N–H and O–H groups in total. The van der Waals surface area contributed by atoms with Crippen LogP contribution in [0.25, 0.3) is 0 Å². The fraction of sp³-hybridized carbons (Fsp3) is 0.0909. The average Bonchev–Trinajstić information content (AvgIpc) is 2.30. The second-order valence-electron chi connectivity index (χ2n) is 3.20. The summed E-state index contributed by atoms with van der Waals surface area (Å²) >= 11 is 5.80. The van der Waals surface area contributed by atoms with Gasteiger partial charge in [0.15, 0.2) is 0 Å². The highest BCUT2D eigenvalue weighted by Crippen LogP contribution is 2.19. The van der Waals surface area contributed by atoms with Gasteiger partial charge in [-0.25, -0.2) is 9.97 Å². The van der Waals surface area contributed by atoms with Gasteiger partial charge in [-0.1, -0.05) is 23.7 Å². The summed E-state index contributed by atoms with van der Waals surface area (Å²) in [4.78, 5) is 7.86. The van der Waals surface area contributed by atoms with Crippen LogP contribution in [0.3, 0.4) is 0 Å². The van der Waals surface area contributed by atoms with Crippen LogP contribution in [0.1, 0.15) is 17.2 Å². The van der Waals surface area contributed by atoms with Crippen LogP contribution < -0.4 is 5.73 Å². The maximum Gasteiger partial charge on any atom is 0.115 e. The van der Waals surface area contributed by atoms with E-state index in [-0.39, 0.29) is 6.04 Å². The predicted octanol–water partition coefficient (Wildman–Crippen LogP) is 2.18. The van der Waals surface area contributed by atoms with Crippen molar-refractivity contribution in [2.45, 2.75) is 6.04 Å². The molecule has 1 heterocycles. The van der Waals surface area contributed by atoms with Crippen LogP contribution in [0.2, 0.25) is 5.02 Å². The van der Waals surface area contributed by atoms with Gasteiger partial charge in [-0.15, -0.1) is 0 Å². The number of aromatic nitrogens is 2. The summed E-state index contributed by atoms with van der Waals surface area (Å²) in [6, 6.07) is 7.24. The van der Waals surface area contributed by atoms with E-state index in [1.165, 1.54) is 6.33 Å². The number of benzene rings is 1. The minimum Gasteiger partial charge on any atom is -0.320 e. The van der Waals surface area contributed by atoms with Gasteiger partial charge < -0.3 is 5.73 Å². The van der Waals surface area contributed by atoms with Gasteiger partial charge in [0.05, 0.1) is 6.04 Å². The molecule has 0 saturated carbocycles. The van der Waals surface area contributed by atoms with Crippen molar-refractivity contribution in [3.8, 4) is 0 Å². The molecule has 1 aromatic carbocycles. The molecule has 0 aliphatic heterocycles. The smallest absolute Gasteiger partial charge is 0.115 e. The molecule has 0 spiro atoms. The Balaban J connectivity index is 2.29. The highest BCUT2D eigenvalue weighted by Gasteiger charge is 2.08. The Bertz CT molecular complexity index is 427. The highest BCUT2D eigenvalue weighted by molar-refractivity contribution is 6.30. The van der Waals surface area contributed by atoms with Crippen LogP contribution in [0.4, 0.5) is 0 Å². The molecule has 0 fully saturated rings. The summed E-state index contributed by atoms with van der Waals surface area (Å²) in [5, 5.41) is 0.704. The second-order valence-corrected chi connectivity index (χ2v) is 3.64. The van der Waals surface area contributed by atoms with Gasteiger partial charge in [-0.2, -0.15) is 0 Å². The Morgan fingerprint density at radius 3 is 2.20 bits per heavy atom. The number of hydrogen-bond acceptors (Lipinski definition) is 3. The first-order chi connectivity index (χ1) is 7.27. The molecule has 2 aromatic rings. The summed E-state index contributed by atoms with van der Waals surface area (Å²) < 4.78 is 0. The van der Waals surface area contributed by atoms with Crippen molar-refractivity contribution in [1.29, 1.82) is 0 Å². The van der Waals surface area contributed by atoms with E-state index in [1.54, 1.807) is 12.4 Å². The summed E-state index contributed by atoms with van der Waals surface area (Å²) in [7, 11) is 0. The topological polar surface area (TPSA) is 51.8 Å². The molecule has 2 rings (SSSR count). The fourth-order valence-corrected chi connectivity index (χ4v) is 1.46. The molecule has 76 valence electrons. The molecule has 4 heteroatoms. The maximum absolute atomic E-state index is 6.04. The van der Waals surface area contributed by atoms with Gasteiger partial charge in [-0.05, 0) is 17.7 Å². The quantitative estimate of drug-likeness (QED) is 0.842. The summed E-state index contributed by atoms with van der Waals surface area (Å²) in [6.45, 7) is 0. The number of halogens is 1. The van der Waals surface area contributed by atoms with Gasteiger partial charge >= 0.3 is 0 Å². The third-order valence-corrected chi connectivity index (χ3v) is 2.42. The van der Waals surface area contributed by atoms with E-state index in [0.717, 1.165) is 11.1 Å². The normalized spacial score (nSPS) is 12.4. The number of hydrogen-bond donors (Lipinski definition) is 1. The van der Waals surface area contributed by atoms with Crippen molar-refractivity contribution in [2.24, 2.45) is 5.73 Å². The number of nitrogens with zero attached hydrogens (tertiary/aromatic N) is 2. The molecular weight excluding hydrogens is 210 g/mol. The predicted molar refractivity (Wildman–Crippen MR) is 59.5 cm³/mol. The SMILES string of the molecule is NC(c1ccc(Cl)cc1)c1cncnc1. The zero-order valence-electron chi connectivity index (χ0n) is 7.97. The molecule has 0 bridgehead atoms. The molecule has 0 amide bonds. The van der Waals surface area contributed by atoms with Gasteiger partial charge in [0.2, 0.25) is 0 Å². The van der Waals surface area contributed by atoms with Crippen molar-refractivity contribution < 1.29 is 0 Å². The number of nitrogens with two attached hydrogens (primary N) is 1. The molecule has 1 aromatic heterocycles. The first-order valence-corrected chi connectivity index (χ1v) is 4.91. The summed E-state index contributed by atoms with van der Waals surface area (Å²) in [5.41, 5.74) is 7.93. The largest absolute Gasteiger partial charge is 0.320 e. The standard InChI is InChI=1S/C11H10ClN3/c12-10-3-1-8(2-4-10)11(13)9-5-14-7-15-6-9/h1-7,11H,13H2. The molecule has 0 aliphatic rings. The van der Waals surface area contributed by atoms with E-state index in [9.17, 15) is 0 Å². The molecule has 1 unspecified atom stereocenters. The van der Waals surface area contributed by atoms with Crippen LogP contribution in [-0.4, -0.2) is 9.97 Å². The minimum absolute atomic E-state index is 0.205. The molecule has 0 radical (unpaired) electrons. The van der Waals surface area contributed by atoms with Gasteiger partial charge in [0.25, 0.3) is 0 Å². The molecule has 0 saturated heterocycles. The van der Waals surface area contributed by atoms with E-state index >= 15 is 0 Å². The lowest BCUT2D eigenvalue weighted by atomic mass is 10.0. The van der Waals surface area contributed by atoms with E-state index < -0.39 is 0 Å². The van der Waals surface area contributed by atoms with Gasteiger partial charge in [0, 0.05) is 23.0 Å². The molecular formula is C11H10ClN3. The van der Waals surface area contributed by atoms with Crippen molar-refractivity contribution in [3.05, 3.63) is 59.1 Å². The Labute approximate surface area is 92.9 Å². The first kappa shape index (κ1) is 10.1. The van der Waals surface area contributed by atoms with Gasteiger partial charge in [0.1, 0.15) is 6.33 Å². The molecule has 0 aliphatic carbocycles. The Morgan fingerprint density at radius 1 is 1.00 bits per heavy atom. The van der Waals surface area contributed by atoms with E-state index in [4.69, 9.17) is 17.3 Å². The summed E-state index contributed by atoms with van der Waals surface area (Å²) in [5.74, 6) is 0. The lowest BCUT2D eigenvalue weighted by molar-refractivity contribution is 0.851. The Hall–Kier alpha value is -1.45. The van der Waals surface area contributed by atoms with Crippen molar-refractivity contribution in [2.75, 3.05) is 0 Å². The van der Waals surface area contributed by atoms with Crippen LogP contribution >= 0.6 is 11.6 Å². The number of rotatable bonds is 2. The van der Waals surface area contributed by atoms with Crippen LogP contribution in [-0.2, 0) is 0 Å². The monoisotopic (exact) mass is 219 g/mol. The highest BCUT2D eigenvalue weighted by atomic mass is 35.5. The molecule has 3 nitrogen and oxygen atoms in total. The maximum atomic E-state index is 6.04. The zero-order chi connectivity index (χ0) is 10.7. The fourth-order valence-electron chi connectivity index (χ4n) is 1.33. The molecule has 1 atom stereocenters. The van der Waals surface area contributed by atoms with E-state index in [1.807, 2.05) is 24.3 Å². The van der Waals surface area contributed by atoms with Crippen molar-refractivity contribution in [1.82, 2.24) is 9.97 Å². The van der Waals surface area contributed by atoms with Crippen molar-refractivity contribution >= 4 is 11.6 Å². The third-order valence-electron chi connectivity index (χ3n) is 2.17. The first-order valence-electron chi connectivity index (χ1n) is 4.53. The zero-order valence-corrected chi connectivity index (χ0v) is 8.72. The average molecular weight is 220 g/mol. The van der Waals surface area contributed by atoms with Crippen LogP contribution in [0.5, 0.6) is 0 Å². The minimum atomic E-state index is -0.205. The lowest BCUT2D eigenvalue weighted by Crippen LogP contribution is -2.12. The second kappa shape index (κ2) is 4.38. The van der Waals surface area contributed by atoms with Crippen molar-refractivity contribution in [3.63, 3.8) is 0 Å². The van der Waals surface area contributed by atoms with Crippen LogP contribution in [0, 0.1) is 0 Å². The molecule has 15 heavy (non-hydrogen) atoms. The van der Waals surface area contributed by atoms with E-state index in [2.05, 4.69) is 9.97 Å². The Morgan fingerprint density at radius 2 is 1.60 bits per heavy atom.